The third-order valence-electron chi connectivity index (χ3n) is 1.56. The summed E-state index contributed by atoms with van der Waals surface area (Å²) in [6, 6.07) is 0. The Hall–Kier alpha value is -2.17. The molecular weight excluding hydrogens is 352 g/mol. The van der Waals surface area contributed by atoms with Crippen LogP contribution >= 0.6 is 0 Å². The summed E-state index contributed by atoms with van der Waals surface area (Å²) in [7, 11) is 0. The van der Waals surface area contributed by atoms with Crippen molar-refractivity contribution < 1.29 is 42.1 Å². The molecule has 0 unspecified atom stereocenters. The molecule has 25 heavy (non-hydrogen) atoms. The minimum absolute atomic E-state index is 0. The Bertz CT molecular complexity index is 295. The molecule has 0 saturated carbocycles. The van der Waals surface area contributed by atoms with Crippen LogP contribution in [0.2, 0.25) is 0 Å². The van der Waals surface area contributed by atoms with Gasteiger partial charge in [-0.3, -0.25) is 0 Å². The third kappa shape index (κ3) is 88.8. The zero-order valence-corrected chi connectivity index (χ0v) is 17.1. The van der Waals surface area contributed by atoms with Crippen LogP contribution in [0.15, 0.2) is 98.0 Å². The largest absolute Gasteiger partial charge is 0.516 e. The van der Waals surface area contributed by atoms with Crippen molar-refractivity contribution in [2.24, 2.45) is 0 Å². The van der Waals surface area contributed by atoms with Crippen molar-refractivity contribution in [1.29, 1.82) is 0 Å². The van der Waals surface area contributed by atoms with E-state index in [1.807, 2.05) is 52.0 Å². The van der Waals surface area contributed by atoms with Crippen molar-refractivity contribution in [2.45, 2.75) is 27.7 Å². The fourth-order valence-corrected chi connectivity index (χ4v) is 0.643. The van der Waals surface area contributed by atoms with Gasteiger partial charge in [-0.05, 0) is 52.0 Å². The first-order valence-electron chi connectivity index (χ1n) is 7.34. The molecule has 0 aromatic heterocycles. The van der Waals surface area contributed by atoms with Crippen LogP contribution in [0.1, 0.15) is 27.7 Å². The van der Waals surface area contributed by atoms with Gasteiger partial charge in [-0.15, -0.1) is 0 Å². The van der Waals surface area contributed by atoms with E-state index in [1.165, 1.54) is 0 Å². The number of rotatable bonds is 4. The van der Waals surface area contributed by atoms with Crippen LogP contribution in [0.3, 0.4) is 0 Å². The summed E-state index contributed by atoms with van der Waals surface area (Å²) in [4.78, 5) is 0. The first-order valence-corrected chi connectivity index (χ1v) is 7.34. The Balaban J connectivity index is -0.0000000702. The van der Waals surface area contributed by atoms with Gasteiger partial charge in [-0.1, -0.05) is 48.6 Å². The van der Waals surface area contributed by atoms with Crippen LogP contribution in [-0.2, 0) is 21.7 Å². The van der Waals surface area contributed by atoms with Crippen molar-refractivity contribution >= 4 is 0 Å². The zero-order chi connectivity index (χ0) is 19.3. The van der Waals surface area contributed by atoms with Crippen LogP contribution in [-0.4, -0.2) is 20.4 Å². The second kappa shape index (κ2) is 49.5. The smallest absolute Gasteiger partial charge is 0.0791 e. The van der Waals surface area contributed by atoms with E-state index in [4.69, 9.17) is 20.4 Å². The molecular formula is C20H32O4Ti. The van der Waals surface area contributed by atoms with Gasteiger partial charge in [0.15, 0.2) is 0 Å². The van der Waals surface area contributed by atoms with Gasteiger partial charge in [0.2, 0.25) is 0 Å². The summed E-state index contributed by atoms with van der Waals surface area (Å²) >= 11 is 0. The fourth-order valence-electron chi connectivity index (χ4n) is 0.643. The fraction of sp³-hybridized carbons (Fsp3) is 0.200. The average molecular weight is 384 g/mol. The first kappa shape index (κ1) is 34.2. The molecule has 0 saturated heterocycles. The van der Waals surface area contributed by atoms with Crippen molar-refractivity contribution in [1.82, 2.24) is 0 Å². The summed E-state index contributed by atoms with van der Waals surface area (Å²) in [5.74, 6) is 0. The first-order chi connectivity index (χ1) is 11.7. The maximum Gasteiger partial charge on any atom is 0.0791 e. The Morgan fingerprint density at radius 2 is 0.520 bits per heavy atom. The van der Waals surface area contributed by atoms with E-state index in [9.17, 15) is 0 Å². The van der Waals surface area contributed by atoms with Crippen LogP contribution < -0.4 is 0 Å². The molecule has 0 aliphatic carbocycles. The second-order valence-corrected chi connectivity index (χ2v) is 3.47. The van der Waals surface area contributed by atoms with Gasteiger partial charge in [-0.25, -0.2) is 0 Å². The summed E-state index contributed by atoms with van der Waals surface area (Å²) in [5, 5.41) is 31.9. The van der Waals surface area contributed by atoms with E-state index < -0.39 is 0 Å². The second-order valence-electron chi connectivity index (χ2n) is 3.47. The predicted octanol–water partition coefficient (Wildman–Crippen LogP) is 6.53. The van der Waals surface area contributed by atoms with Gasteiger partial charge < -0.3 is 20.4 Å². The maximum absolute atomic E-state index is 7.97. The molecule has 0 spiro atoms. The van der Waals surface area contributed by atoms with E-state index in [0.717, 1.165) is 25.0 Å². The molecule has 0 heterocycles. The van der Waals surface area contributed by atoms with Crippen molar-refractivity contribution in [3.8, 4) is 0 Å². The molecule has 4 N–H and O–H groups in total. The van der Waals surface area contributed by atoms with Crippen molar-refractivity contribution in [3.05, 3.63) is 98.0 Å². The standard InChI is InChI=1S/4C5H8O.Ti/c4*1-2-3-4-5-6;/h4*2-6H,1H3;/b4*3-2+,5-4+;. The van der Waals surface area contributed by atoms with E-state index >= 15 is 0 Å². The van der Waals surface area contributed by atoms with Gasteiger partial charge in [0, 0.05) is 21.7 Å². The topological polar surface area (TPSA) is 80.9 Å². The summed E-state index contributed by atoms with van der Waals surface area (Å²) in [6.07, 6.45) is 24.6. The van der Waals surface area contributed by atoms with Crippen LogP contribution in [0, 0.1) is 0 Å². The molecule has 0 rings (SSSR count). The molecule has 5 heteroatoms. The summed E-state index contributed by atoms with van der Waals surface area (Å²) in [5.41, 5.74) is 0. The quantitative estimate of drug-likeness (QED) is 0.252. The number of aliphatic hydroxyl groups is 4. The van der Waals surface area contributed by atoms with Crippen molar-refractivity contribution in [3.63, 3.8) is 0 Å². The number of allylic oxidation sites excluding steroid dienone is 12. The molecule has 0 aromatic carbocycles. The normalized spacial score (nSPS) is 11.0. The molecule has 0 bridgehead atoms. The van der Waals surface area contributed by atoms with Crippen LogP contribution in [0.5, 0.6) is 0 Å². The molecule has 0 radical (unpaired) electrons. The van der Waals surface area contributed by atoms with Gasteiger partial charge in [-0.2, -0.15) is 0 Å². The van der Waals surface area contributed by atoms with E-state index in [-0.39, 0.29) is 21.7 Å². The molecule has 0 aliphatic heterocycles. The van der Waals surface area contributed by atoms with Gasteiger partial charge in [0.25, 0.3) is 0 Å². The minimum Gasteiger partial charge on any atom is -0.516 e. The average Bonchev–Trinajstić information content (AvgIpc) is 2.62. The Morgan fingerprint density at radius 3 is 0.560 bits per heavy atom. The van der Waals surface area contributed by atoms with Crippen molar-refractivity contribution in [2.75, 3.05) is 0 Å². The number of aliphatic hydroxyl groups excluding tert-OH is 4. The Kier molecular flexibility index (Phi) is 67.8. The van der Waals surface area contributed by atoms with Crippen LogP contribution in [0.25, 0.3) is 0 Å². The minimum atomic E-state index is 0. The monoisotopic (exact) mass is 384 g/mol. The summed E-state index contributed by atoms with van der Waals surface area (Å²) < 4.78 is 0. The SMILES string of the molecule is C/C=C/C=C/O.C/C=C/C=C/O.C/C=C/C=C/O.C/C=C/C=C/O.[Ti]. The van der Waals surface area contributed by atoms with Gasteiger partial charge in [0.1, 0.15) is 0 Å². The maximum atomic E-state index is 7.97. The van der Waals surface area contributed by atoms with Crippen LogP contribution in [0.4, 0.5) is 0 Å². The van der Waals surface area contributed by atoms with E-state index in [2.05, 4.69) is 0 Å². The Morgan fingerprint density at radius 1 is 0.360 bits per heavy atom. The Labute approximate surface area is 167 Å². The molecule has 0 aromatic rings. The third-order valence-corrected chi connectivity index (χ3v) is 1.56. The predicted molar refractivity (Wildman–Crippen MR) is 106 cm³/mol. The van der Waals surface area contributed by atoms with E-state index in [1.54, 1.807) is 48.6 Å². The van der Waals surface area contributed by atoms with Gasteiger partial charge >= 0.3 is 0 Å². The molecule has 0 amide bonds. The molecule has 0 atom stereocenters. The summed E-state index contributed by atoms with van der Waals surface area (Å²) in [6.45, 7) is 7.56. The van der Waals surface area contributed by atoms with Gasteiger partial charge in [0.05, 0.1) is 25.0 Å². The molecule has 0 fully saturated rings. The molecule has 140 valence electrons. The molecule has 0 aliphatic rings. The molecule has 4 nitrogen and oxygen atoms in total. The zero-order valence-electron chi connectivity index (χ0n) is 15.5. The van der Waals surface area contributed by atoms with E-state index in [0.29, 0.717) is 0 Å². The number of hydrogen-bond acceptors (Lipinski definition) is 4. The number of hydrogen-bond donors (Lipinski definition) is 4.